The zero-order chi connectivity index (χ0) is 25.2. The Bertz CT molecular complexity index is 1380. The number of nitrogens with zero attached hydrogens (tertiary/aromatic N) is 4. The average molecular weight is 496 g/mol. The van der Waals surface area contributed by atoms with Crippen LogP contribution in [0.25, 0.3) is 22.5 Å². The molecule has 0 bridgehead atoms. The maximum absolute atomic E-state index is 14.1. The van der Waals surface area contributed by atoms with E-state index in [4.69, 9.17) is 30.3 Å². The van der Waals surface area contributed by atoms with Gasteiger partial charge in [-0.25, -0.2) is 4.98 Å². The number of hydrogen-bond donors (Lipinski definition) is 3. The van der Waals surface area contributed by atoms with Crippen molar-refractivity contribution in [1.29, 1.82) is 0 Å². The molecule has 5 N–H and O–H groups in total. The standard InChI is InChI=1S/C25H30FN7O3/c1-14(2)13-29-5-6-33-21(30-22-23(28)31-25(26)32-24(22)33)10-15-9-19-20(35-8-7-34-19)11-17(15)18-4-3-16(12-27)36-18/h3-4,9,11,14,29H,5-8,10,12-13,27H2,1-2H3,(H2,28,31,32). The van der Waals surface area contributed by atoms with Crippen LogP contribution in [0, 0.1) is 12.0 Å². The molecule has 1 aliphatic rings. The summed E-state index contributed by atoms with van der Waals surface area (Å²) in [4.78, 5) is 12.4. The number of aromatic nitrogens is 4. The molecule has 0 saturated carbocycles. The molecule has 0 atom stereocenters. The Morgan fingerprint density at radius 3 is 2.61 bits per heavy atom. The number of nitrogens with one attached hydrogen (secondary N) is 1. The second-order valence-corrected chi connectivity index (χ2v) is 9.13. The maximum atomic E-state index is 14.1. The Labute approximate surface area is 207 Å². The topological polar surface area (TPSA) is 139 Å². The van der Waals surface area contributed by atoms with Crippen molar-refractivity contribution in [3.05, 3.63) is 47.5 Å². The van der Waals surface area contributed by atoms with Crippen LogP contribution in [0.5, 0.6) is 11.5 Å². The molecule has 0 amide bonds. The van der Waals surface area contributed by atoms with Crippen molar-refractivity contribution in [1.82, 2.24) is 24.8 Å². The molecule has 1 aromatic carbocycles. The summed E-state index contributed by atoms with van der Waals surface area (Å²) in [7, 11) is 0. The van der Waals surface area contributed by atoms with E-state index in [-0.39, 0.29) is 5.82 Å². The fourth-order valence-electron chi connectivity index (χ4n) is 4.30. The van der Waals surface area contributed by atoms with Crippen LogP contribution in [0.2, 0.25) is 0 Å². The largest absolute Gasteiger partial charge is 0.486 e. The van der Waals surface area contributed by atoms with Crippen molar-refractivity contribution in [3.8, 4) is 22.8 Å². The fraction of sp³-hybridized carbons (Fsp3) is 0.400. The van der Waals surface area contributed by atoms with Crippen LogP contribution in [-0.4, -0.2) is 45.8 Å². The predicted octanol–water partition coefficient (Wildman–Crippen LogP) is 2.87. The van der Waals surface area contributed by atoms with E-state index in [2.05, 4.69) is 29.1 Å². The highest BCUT2D eigenvalue weighted by atomic mass is 19.1. The lowest BCUT2D eigenvalue weighted by molar-refractivity contribution is 0.171. The third-order valence-corrected chi connectivity index (χ3v) is 5.98. The van der Waals surface area contributed by atoms with E-state index in [1.165, 1.54) is 0 Å². The van der Waals surface area contributed by atoms with Gasteiger partial charge in [0.05, 0.1) is 6.54 Å². The molecule has 0 spiro atoms. The summed E-state index contributed by atoms with van der Waals surface area (Å²) in [6.45, 7) is 7.58. The van der Waals surface area contributed by atoms with Crippen molar-refractivity contribution < 1.29 is 18.3 Å². The summed E-state index contributed by atoms with van der Waals surface area (Å²) in [6.07, 6.45) is -0.487. The van der Waals surface area contributed by atoms with E-state index in [0.717, 1.165) is 17.7 Å². The van der Waals surface area contributed by atoms with Crippen LogP contribution >= 0.6 is 0 Å². The van der Waals surface area contributed by atoms with Crippen molar-refractivity contribution in [2.45, 2.75) is 33.4 Å². The molecule has 10 nitrogen and oxygen atoms in total. The number of fused-ring (bicyclic) bond motifs is 2. The van der Waals surface area contributed by atoms with Crippen LogP contribution in [0.15, 0.2) is 28.7 Å². The van der Waals surface area contributed by atoms with Gasteiger partial charge in [-0.05, 0) is 42.3 Å². The predicted molar refractivity (Wildman–Crippen MR) is 133 cm³/mol. The number of furan rings is 1. The van der Waals surface area contributed by atoms with Gasteiger partial charge in [-0.1, -0.05) is 13.8 Å². The highest BCUT2D eigenvalue weighted by molar-refractivity contribution is 5.82. The number of benzene rings is 1. The van der Waals surface area contributed by atoms with Crippen molar-refractivity contribution in [3.63, 3.8) is 0 Å². The molecule has 4 aromatic rings. The number of hydrogen-bond acceptors (Lipinski definition) is 9. The lowest BCUT2D eigenvalue weighted by Gasteiger charge is -2.21. The van der Waals surface area contributed by atoms with Gasteiger partial charge in [0.25, 0.3) is 0 Å². The molecule has 0 fully saturated rings. The number of nitrogen functional groups attached to an aromatic ring is 1. The zero-order valence-corrected chi connectivity index (χ0v) is 20.4. The van der Waals surface area contributed by atoms with Gasteiger partial charge in [-0.2, -0.15) is 14.4 Å². The van der Waals surface area contributed by atoms with Crippen LogP contribution in [-0.2, 0) is 19.5 Å². The van der Waals surface area contributed by atoms with Gasteiger partial charge in [0, 0.05) is 25.1 Å². The first kappa shape index (κ1) is 24.0. The van der Waals surface area contributed by atoms with Crippen molar-refractivity contribution >= 4 is 17.0 Å². The SMILES string of the molecule is CC(C)CNCCn1c(Cc2cc3c(cc2-c2ccc(CN)o2)OCCO3)nc2c(N)nc(F)nc21. The number of nitrogens with two attached hydrogens (primary N) is 2. The van der Waals surface area contributed by atoms with Gasteiger partial charge in [-0.3, -0.25) is 0 Å². The van der Waals surface area contributed by atoms with Gasteiger partial charge in [0.2, 0.25) is 0 Å². The van der Waals surface area contributed by atoms with Crippen molar-refractivity contribution in [2.24, 2.45) is 11.7 Å². The Kier molecular flexibility index (Phi) is 6.75. The second-order valence-electron chi connectivity index (χ2n) is 9.13. The summed E-state index contributed by atoms with van der Waals surface area (Å²) >= 11 is 0. The highest BCUT2D eigenvalue weighted by Crippen LogP contribution is 2.39. The van der Waals surface area contributed by atoms with Crippen LogP contribution in [0.1, 0.15) is 31.0 Å². The summed E-state index contributed by atoms with van der Waals surface area (Å²) in [6, 6.07) is 7.58. The Morgan fingerprint density at radius 1 is 1.11 bits per heavy atom. The molecule has 0 aliphatic carbocycles. The Morgan fingerprint density at radius 2 is 1.89 bits per heavy atom. The van der Waals surface area contributed by atoms with Crippen LogP contribution in [0.3, 0.4) is 0 Å². The smallest absolute Gasteiger partial charge is 0.312 e. The van der Waals surface area contributed by atoms with Crippen molar-refractivity contribution in [2.75, 3.05) is 32.0 Å². The van der Waals surface area contributed by atoms with Gasteiger partial charge in [-0.15, -0.1) is 0 Å². The quantitative estimate of drug-likeness (QED) is 0.236. The van der Waals surface area contributed by atoms with Gasteiger partial charge in [0.15, 0.2) is 28.5 Å². The zero-order valence-electron chi connectivity index (χ0n) is 20.4. The summed E-state index contributed by atoms with van der Waals surface area (Å²) in [5.74, 6) is 3.82. The maximum Gasteiger partial charge on any atom is 0.312 e. The fourth-order valence-corrected chi connectivity index (χ4v) is 4.30. The number of imidazole rings is 1. The van der Waals surface area contributed by atoms with E-state index < -0.39 is 6.08 Å². The number of rotatable bonds is 9. The average Bonchev–Trinajstić information content (AvgIpc) is 3.46. The summed E-state index contributed by atoms with van der Waals surface area (Å²) in [5, 5.41) is 3.42. The third-order valence-electron chi connectivity index (χ3n) is 5.98. The molecule has 190 valence electrons. The van der Waals surface area contributed by atoms with E-state index in [9.17, 15) is 4.39 Å². The molecule has 4 heterocycles. The third kappa shape index (κ3) is 4.84. The minimum atomic E-state index is -0.882. The van der Waals surface area contributed by atoms with E-state index in [1.54, 1.807) is 0 Å². The number of ether oxygens (including phenoxy) is 2. The lowest BCUT2D eigenvalue weighted by Crippen LogP contribution is -2.25. The van der Waals surface area contributed by atoms with E-state index >= 15 is 0 Å². The van der Waals surface area contributed by atoms with Crippen LogP contribution in [0.4, 0.5) is 10.2 Å². The molecule has 0 radical (unpaired) electrons. The molecular formula is C25H30FN7O3. The summed E-state index contributed by atoms with van der Waals surface area (Å²) in [5.41, 5.74) is 14.2. The number of anilines is 1. The van der Waals surface area contributed by atoms with Gasteiger partial charge in [0.1, 0.15) is 30.6 Å². The first-order valence-corrected chi connectivity index (χ1v) is 12.0. The summed E-state index contributed by atoms with van der Waals surface area (Å²) < 4.78 is 33.6. The molecular weight excluding hydrogens is 465 g/mol. The van der Waals surface area contributed by atoms with E-state index in [0.29, 0.717) is 85.2 Å². The first-order valence-electron chi connectivity index (χ1n) is 12.0. The molecule has 3 aromatic heterocycles. The molecule has 36 heavy (non-hydrogen) atoms. The Hall–Kier alpha value is -3.70. The monoisotopic (exact) mass is 495 g/mol. The molecule has 0 saturated heterocycles. The first-order chi connectivity index (χ1) is 17.4. The molecule has 1 aliphatic heterocycles. The second kappa shape index (κ2) is 10.1. The normalized spacial score (nSPS) is 13.1. The molecule has 5 rings (SSSR count). The number of halogens is 1. The Balaban J connectivity index is 1.58. The lowest BCUT2D eigenvalue weighted by atomic mass is 10.0. The van der Waals surface area contributed by atoms with Crippen LogP contribution < -0.4 is 26.3 Å². The molecule has 0 unspecified atom stereocenters. The minimum Gasteiger partial charge on any atom is -0.486 e. The van der Waals surface area contributed by atoms with Gasteiger partial charge < -0.3 is 35.2 Å². The van der Waals surface area contributed by atoms with Gasteiger partial charge >= 0.3 is 6.08 Å². The van der Waals surface area contributed by atoms with E-state index in [1.807, 2.05) is 28.8 Å². The highest BCUT2D eigenvalue weighted by Gasteiger charge is 2.22. The minimum absolute atomic E-state index is 0.00802. The molecule has 11 heteroatoms.